The summed E-state index contributed by atoms with van der Waals surface area (Å²) in [6.07, 6.45) is 3.71. The number of nitrogens with one attached hydrogen (secondary N) is 3. The monoisotopic (exact) mass is 426 g/mol. The Morgan fingerprint density at radius 1 is 1.38 bits per heavy atom. The largest absolute Gasteiger partial charge is 0.354 e. The number of hydrogen-bond donors (Lipinski definition) is 3. The number of halogens is 2. The summed E-state index contributed by atoms with van der Waals surface area (Å²) in [5.41, 5.74) is 0.578. The van der Waals surface area contributed by atoms with Gasteiger partial charge in [-0.25, -0.2) is 4.39 Å². The van der Waals surface area contributed by atoms with E-state index in [-0.39, 0.29) is 29.7 Å². The second-order valence-corrected chi connectivity index (χ2v) is 7.95. The Morgan fingerprint density at radius 2 is 2.15 bits per heavy atom. The van der Waals surface area contributed by atoms with Gasteiger partial charge in [0, 0.05) is 41.6 Å². The van der Waals surface area contributed by atoms with Crippen LogP contribution in [-0.4, -0.2) is 31.0 Å². The molecule has 2 atom stereocenters. The van der Waals surface area contributed by atoms with E-state index in [9.17, 15) is 9.18 Å². The van der Waals surface area contributed by atoms with E-state index in [0.29, 0.717) is 22.5 Å². The van der Waals surface area contributed by atoms with Gasteiger partial charge in [0.05, 0.1) is 0 Å². The van der Waals surface area contributed by atoms with Crippen molar-refractivity contribution in [3.05, 3.63) is 34.1 Å². The van der Waals surface area contributed by atoms with Gasteiger partial charge in [-0.2, -0.15) is 0 Å². The molecule has 0 aromatic heterocycles. The summed E-state index contributed by atoms with van der Waals surface area (Å²) in [6.45, 7) is 4.30. The van der Waals surface area contributed by atoms with Crippen molar-refractivity contribution >= 4 is 27.8 Å². The molecule has 1 fully saturated rings. The van der Waals surface area contributed by atoms with Crippen LogP contribution < -0.4 is 16.0 Å². The van der Waals surface area contributed by atoms with Crippen LogP contribution in [0.25, 0.3) is 0 Å². The van der Waals surface area contributed by atoms with E-state index in [2.05, 4.69) is 36.9 Å². The Balaban J connectivity index is 1.87. The van der Waals surface area contributed by atoms with Crippen molar-refractivity contribution < 1.29 is 9.18 Å². The Hall–Kier alpha value is -1.63. The first kappa shape index (κ1) is 20.7. The number of benzene rings is 1. The van der Waals surface area contributed by atoms with Crippen molar-refractivity contribution in [2.24, 2.45) is 10.9 Å². The third-order valence-corrected chi connectivity index (χ3v) is 5.00. The van der Waals surface area contributed by atoms with Crippen LogP contribution in [0, 0.1) is 11.7 Å². The third kappa shape index (κ3) is 6.27. The lowest BCUT2D eigenvalue weighted by Gasteiger charge is -2.30. The smallest absolute Gasteiger partial charge is 0.223 e. The highest BCUT2D eigenvalue weighted by molar-refractivity contribution is 9.10. The fourth-order valence-corrected chi connectivity index (χ4v) is 3.53. The van der Waals surface area contributed by atoms with Gasteiger partial charge >= 0.3 is 0 Å². The van der Waals surface area contributed by atoms with E-state index in [1.54, 1.807) is 13.1 Å². The number of carbonyl (C=O) groups is 1. The van der Waals surface area contributed by atoms with Crippen LogP contribution in [0.1, 0.15) is 45.1 Å². The van der Waals surface area contributed by atoms with Gasteiger partial charge in [-0.1, -0.05) is 28.4 Å². The lowest BCUT2D eigenvalue weighted by Crippen LogP contribution is -2.47. The SMILES string of the molecule is CN=C(NCc1ccc(Br)cc1F)NC1CCCC(C(=O)NC(C)C)C1. The van der Waals surface area contributed by atoms with Gasteiger partial charge in [0.15, 0.2) is 5.96 Å². The molecule has 3 N–H and O–H groups in total. The number of nitrogens with zero attached hydrogens (tertiary/aromatic N) is 1. The van der Waals surface area contributed by atoms with Crippen molar-refractivity contribution in [3.8, 4) is 0 Å². The van der Waals surface area contributed by atoms with Crippen molar-refractivity contribution in [3.63, 3.8) is 0 Å². The molecule has 1 saturated carbocycles. The molecule has 1 aliphatic rings. The summed E-state index contributed by atoms with van der Waals surface area (Å²) in [5, 5.41) is 9.52. The van der Waals surface area contributed by atoms with Gasteiger partial charge in [0.25, 0.3) is 0 Å². The van der Waals surface area contributed by atoms with E-state index >= 15 is 0 Å². The minimum atomic E-state index is -0.259. The van der Waals surface area contributed by atoms with Gasteiger partial charge in [-0.15, -0.1) is 0 Å². The Bertz CT molecular complexity index is 650. The molecule has 1 aromatic carbocycles. The standard InChI is InChI=1S/C19H28BrFN4O/c1-12(2)24-18(26)13-5-4-6-16(9-13)25-19(22-3)23-11-14-7-8-15(20)10-17(14)21/h7-8,10,12-13,16H,4-6,9,11H2,1-3H3,(H,24,26)(H2,22,23,25). The van der Waals surface area contributed by atoms with Crippen LogP contribution in [-0.2, 0) is 11.3 Å². The third-order valence-electron chi connectivity index (χ3n) is 4.50. The van der Waals surface area contributed by atoms with Crippen LogP contribution in [0.2, 0.25) is 0 Å². The zero-order chi connectivity index (χ0) is 19.1. The number of amides is 1. The maximum absolute atomic E-state index is 13.9. The molecule has 7 heteroatoms. The first-order valence-corrected chi connectivity index (χ1v) is 9.89. The quantitative estimate of drug-likeness (QED) is 0.499. The molecule has 1 aliphatic carbocycles. The van der Waals surface area contributed by atoms with Gasteiger partial charge in [-0.05, 0) is 45.2 Å². The number of guanidine groups is 1. The molecule has 0 saturated heterocycles. The molecule has 5 nitrogen and oxygen atoms in total. The van der Waals surface area contributed by atoms with Gasteiger partial charge < -0.3 is 16.0 Å². The highest BCUT2D eigenvalue weighted by Gasteiger charge is 2.28. The topological polar surface area (TPSA) is 65.5 Å². The maximum atomic E-state index is 13.9. The van der Waals surface area contributed by atoms with E-state index in [0.717, 1.165) is 25.7 Å². The maximum Gasteiger partial charge on any atom is 0.223 e. The zero-order valence-electron chi connectivity index (χ0n) is 15.6. The zero-order valence-corrected chi connectivity index (χ0v) is 17.2. The van der Waals surface area contributed by atoms with Gasteiger partial charge in [0.1, 0.15) is 5.82 Å². The predicted molar refractivity (Wildman–Crippen MR) is 106 cm³/mol. The molecular formula is C19H28BrFN4O. The van der Waals surface area contributed by atoms with Crippen LogP contribution in [0.4, 0.5) is 4.39 Å². The van der Waals surface area contributed by atoms with E-state index in [4.69, 9.17) is 0 Å². The molecule has 2 unspecified atom stereocenters. The molecule has 0 aliphatic heterocycles. The van der Waals surface area contributed by atoms with Crippen LogP contribution in [0.15, 0.2) is 27.7 Å². The van der Waals surface area contributed by atoms with Gasteiger partial charge in [0.2, 0.25) is 5.91 Å². The molecular weight excluding hydrogens is 399 g/mol. The van der Waals surface area contributed by atoms with E-state index < -0.39 is 0 Å². The molecule has 144 valence electrons. The molecule has 1 aromatic rings. The molecule has 0 heterocycles. The van der Waals surface area contributed by atoms with Gasteiger partial charge in [-0.3, -0.25) is 9.79 Å². The summed E-state index contributed by atoms with van der Waals surface area (Å²) in [4.78, 5) is 16.5. The lowest BCUT2D eigenvalue weighted by molar-refractivity contribution is -0.126. The second kappa shape index (κ2) is 9.90. The molecule has 0 spiro atoms. The van der Waals surface area contributed by atoms with Crippen molar-refractivity contribution in [2.75, 3.05) is 7.05 Å². The fraction of sp³-hybridized carbons (Fsp3) is 0.579. The van der Waals surface area contributed by atoms with Crippen molar-refractivity contribution in [2.45, 2.75) is 58.2 Å². The highest BCUT2D eigenvalue weighted by Crippen LogP contribution is 2.24. The summed E-state index contributed by atoms with van der Waals surface area (Å²) in [5.74, 6) is 0.532. The molecule has 0 radical (unpaired) electrons. The summed E-state index contributed by atoms with van der Waals surface area (Å²) >= 11 is 3.26. The molecule has 26 heavy (non-hydrogen) atoms. The first-order chi connectivity index (χ1) is 12.4. The van der Waals surface area contributed by atoms with Crippen molar-refractivity contribution in [1.82, 2.24) is 16.0 Å². The van der Waals surface area contributed by atoms with E-state index in [1.165, 1.54) is 6.07 Å². The highest BCUT2D eigenvalue weighted by atomic mass is 79.9. The molecule has 2 rings (SSSR count). The molecule has 0 bridgehead atoms. The summed E-state index contributed by atoms with van der Waals surface area (Å²) in [7, 11) is 1.69. The van der Waals surface area contributed by atoms with Crippen LogP contribution in [0.3, 0.4) is 0 Å². The summed E-state index contributed by atoms with van der Waals surface area (Å²) < 4.78 is 14.6. The summed E-state index contributed by atoms with van der Waals surface area (Å²) in [6, 6.07) is 5.35. The Morgan fingerprint density at radius 3 is 2.81 bits per heavy atom. The minimum Gasteiger partial charge on any atom is -0.354 e. The number of hydrogen-bond acceptors (Lipinski definition) is 2. The van der Waals surface area contributed by atoms with Crippen LogP contribution in [0.5, 0.6) is 0 Å². The number of rotatable bonds is 5. The first-order valence-electron chi connectivity index (χ1n) is 9.10. The number of aliphatic imine (C=N–C) groups is 1. The fourth-order valence-electron chi connectivity index (χ4n) is 3.19. The molecule has 1 amide bonds. The Kier molecular flexibility index (Phi) is 7.87. The average molecular weight is 427 g/mol. The number of carbonyl (C=O) groups excluding carboxylic acids is 1. The normalized spacial score (nSPS) is 20.8. The predicted octanol–water partition coefficient (Wildman–Crippen LogP) is 3.34. The lowest BCUT2D eigenvalue weighted by atomic mass is 9.85. The van der Waals surface area contributed by atoms with Crippen LogP contribution >= 0.6 is 15.9 Å². The van der Waals surface area contributed by atoms with Crippen molar-refractivity contribution in [1.29, 1.82) is 0 Å². The minimum absolute atomic E-state index is 0.0330. The Labute approximate surface area is 163 Å². The average Bonchev–Trinajstić information content (AvgIpc) is 2.59. The van der Waals surface area contributed by atoms with E-state index in [1.807, 2.05) is 19.9 Å². The second-order valence-electron chi connectivity index (χ2n) is 7.03.